The van der Waals surface area contributed by atoms with Gasteiger partial charge in [0.15, 0.2) is 0 Å². The molecule has 0 amide bonds. The summed E-state index contributed by atoms with van der Waals surface area (Å²) in [5.74, 6) is 0. The van der Waals surface area contributed by atoms with Crippen molar-refractivity contribution < 1.29 is 48.0 Å². The van der Waals surface area contributed by atoms with Crippen molar-refractivity contribution in [1.82, 2.24) is 9.97 Å². The maximum Gasteiger partial charge on any atom is -1.00 e. The first-order chi connectivity index (χ1) is 25.3. The van der Waals surface area contributed by atoms with Crippen molar-refractivity contribution in [3.63, 3.8) is 0 Å². The predicted molar refractivity (Wildman–Crippen MR) is 208 cm³/mol. The van der Waals surface area contributed by atoms with E-state index >= 15 is 0 Å². The minimum atomic E-state index is -1.32. The molecule has 0 spiro atoms. The van der Waals surface area contributed by atoms with Crippen LogP contribution in [0.4, 0.5) is 0 Å². The number of halogens is 2. The molecule has 0 fully saturated rings. The zero-order valence-corrected chi connectivity index (χ0v) is 32.6. The fraction of sp³-hybridized carbons (Fsp3) is 0.0417. The van der Waals surface area contributed by atoms with Crippen LogP contribution in [0.5, 0.6) is 0 Å². The van der Waals surface area contributed by atoms with E-state index in [1.807, 2.05) is 24.5 Å². The summed E-state index contributed by atoms with van der Waals surface area (Å²) in [4.78, 5) is 9.89. The third-order valence-corrected chi connectivity index (χ3v) is 15.2. The molecule has 2 unspecified atom stereocenters. The van der Waals surface area contributed by atoms with Gasteiger partial charge in [-0.05, 0) is 0 Å². The van der Waals surface area contributed by atoms with E-state index in [1.165, 1.54) is 77.2 Å². The molecule has 0 aliphatic heterocycles. The van der Waals surface area contributed by atoms with Crippen molar-refractivity contribution in [3.05, 3.63) is 204 Å². The Labute approximate surface area is 333 Å². The molecule has 2 atom stereocenters. The zero-order chi connectivity index (χ0) is 33.7. The first-order valence-corrected chi connectivity index (χ1v) is 20.4. The Morgan fingerprint density at radius 2 is 0.830 bits per heavy atom. The fourth-order valence-corrected chi connectivity index (χ4v) is 13.0. The number of hydrogen-bond donors (Lipinski definition) is 0. The molecular formula is C48H32Cl2N2Zr. The van der Waals surface area contributed by atoms with E-state index in [4.69, 9.17) is 9.97 Å². The van der Waals surface area contributed by atoms with Crippen LogP contribution in [0.1, 0.15) is 40.9 Å². The number of nitrogens with zero attached hydrogens (tertiary/aromatic N) is 2. The molecule has 0 bridgehead atoms. The number of benzene rings is 6. The van der Waals surface area contributed by atoms with Crippen LogP contribution in [-0.4, -0.2) is 9.97 Å². The van der Waals surface area contributed by atoms with E-state index in [0.29, 0.717) is 7.25 Å². The first kappa shape index (κ1) is 35.1. The molecule has 0 saturated heterocycles. The fourth-order valence-electron chi connectivity index (χ4n) is 8.06. The number of hydrogen-bond acceptors (Lipinski definition) is 2. The van der Waals surface area contributed by atoms with Crippen molar-refractivity contribution in [3.8, 4) is 22.3 Å². The summed E-state index contributed by atoms with van der Waals surface area (Å²) in [5.41, 5.74) is 15.5. The average molecular weight is 799 g/mol. The van der Waals surface area contributed by atoms with Gasteiger partial charge < -0.3 is 24.8 Å². The molecule has 252 valence electrons. The van der Waals surface area contributed by atoms with E-state index < -0.39 is 23.2 Å². The van der Waals surface area contributed by atoms with Gasteiger partial charge in [-0.25, -0.2) is 0 Å². The SMILES string of the molecule is C1=C(c2ccccn2)[CH]([Zr+2][CH]2C(c3ccccn3)=Cc3c(-c4ccc5ccccc5c4)cccc32)c2cccc(-c3ccc4ccccc4c3)c21.[Cl-].[Cl-]. The van der Waals surface area contributed by atoms with Crippen molar-refractivity contribution in [2.24, 2.45) is 0 Å². The van der Waals surface area contributed by atoms with Crippen LogP contribution in [0.15, 0.2) is 170 Å². The molecule has 0 saturated carbocycles. The number of aromatic nitrogens is 2. The molecular weight excluding hydrogens is 767 g/mol. The maximum absolute atomic E-state index is 4.94. The largest absolute Gasteiger partial charge is 1.00 e. The van der Waals surface area contributed by atoms with Crippen LogP contribution in [0, 0.1) is 0 Å². The minimum absolute atomic E-state index is 0. The quantitative estimate of drug-likeness (QED) is 0.204. The average Bonchev–Trinajstić information content (AvgIpc) is 3.77. The summed E-state index contributed by atoms with van der Waals surface area (Å²) in [6, 6.07) is 57.6. The Bertz CT molecular complexity index is 2500. The minimum Gasteiger partial charge on any atom is -1.00 e. The van der Waals surface area contributed by atoms with Gasteiger partial charge in [-0.1, -0.05) is 0 Å². The van der Waals surface area contributed by atoms with Crippen LogP contribution in [-0.2, 0) is 23.2 Å². The molecule has 2 aliphatic carbocycles. The first-order valence-electron chi connectivity index (χ1n) is 17.5. The zero-order valence-electron chi connectivity index (χ0n) is 28.6. The standard InChI is InChI=1S/2C24H16N.2ClH.Zr/c2*1-2-7-18-14-20(12-11-17(18)6-1)22-9-5-8-19-15-21(16-23(19)22)24-10-3-4-13-25-24;;;/h2*1-16H;2*1H;/q;;;;+2/p-2. The second kappa shape index (κ2) is 14.8. The summed E-state index contributed by atoms with van der Waals surface area (Å²) in [5, 5.41) is 5.06. The molecule has 2 aromatic heterocycles. The van der Waals surface area contributed by atoms with Gasteiger partial charge in [0.1, 0.15) is 0 Å². The van der Waals surface area contributed by atoms with Crippen LogP contribution in [0.3, 0.4) is 0 Å². The molecule has 2 nitrogen and oxygen atoms in total. The van der Waals surface area contributed by atoms with Crippen LogP contribution < -0.4 is 24.8 Å². The van der Waals surface area contributed by atoms with Crippen LogP contribution >= 0.6 is 0 Å². The van der Waals surface area contributed by atoms with Gasteiger partial charge in [-0.15, -0.1) is 0 Å². The summed E-state index contributed by atoms with van der Waals surface area (Å²) >= 11 is -1.32. The van der Waals surface area contributed by atoms with Crippen LogP contribution in [0.2, 0.25) is 0 Å². The van der Waals surface area contributed by atoms with Crippen LogP contribution in [0.25, 0.3) is 67.1 Å². The number of allylic oxidation sites excluding steroid dienone is 2. The maximum atomic E-state index is 4.94. The molecule has 0 radical (unpaired) electrons. The predicted octanol–water partition coefficient (Wildman–Crippen LogP) is 6.10. The number of fused-ring (bicyclic) bond motifs is 4. The topological polar surface area (TPSA) is 25.8 Å². The molecule has 8 aromatic rings. The van der Waals surface area contributed by atoms with Gasteiger partial charge in [0, 0.05) is 0 Å². The summed E-state index contributed by atoms with van der Waals surface area (Å²) in [7, 11) is 0. The Hall–Kier alpha value is -4.92. The molecule has 2 heterocycles. The molecule has 10 rings (SSSR count). The van der Waals surface area contributed by atoms with E-state index in [1.54, 1.807) is 0 Å². The van der Waals surface area contributed by atoms with E-state index in [-0.39, 0.29) is 24.8 Å². The summed E-state index contributed by atoms with van der Waals surface area (Å²) in [6.45, 7) is 0. The van der Waals surface area contributed by atoms with Gasteiger partial charge in [-0.2, -0.15) is 0 Å². The molecule has 53 heavy (non-hydrogen) atoms. The molecule has 5 heteroatoms. The molecule has 2 aliphatic rings. The van der Waals surface area contributed by atoms with E-state index in [0.717, 1.165) is 11.4 Å². The Morgan fingerprint density at radius 3 is 1.26 bits per heavy atom. The van der Waals surface area contributed by atoms with Gasteiger partial charge in [-0.3, -0.25) is 0 Å². The Kier molecular flexibility index (Phi) is 9.84. The third-order valence-electron chi connectivity index (χ3n) is 10.5. The summed E-state index contributed by atoms with van der Waals surface area (Å²) in [6.07, 6.45) is 8.79. The van der Waals surface area contributed by atoms with Gasteiger partial charge in [0.25, 0.3) is 0 Å². The van der Waals surface area contributed by atoms with Crippen molar-refractivity contribution in [2.45, 2.75) is 7.25 Å². The number of pyridine rings is 2. The monoisotopic (exact) mass is 796 g/mol. The van der Waals surface area contributed by atoms with Gasteiger partial charge >= 0.3 is 311 Å². The second-order valence-corrected chi connectivity index (χ2v) is 17.1. The normalized spacial score (nSPS) is 15.4. The molecule has 0 N–H and O–H groups in total. The van der Waals surface area contributed by atoms with Crippen molar-refractivity contribution in [2.75, 3.05) is 0 Å². The molecule has 6 aromatic carbocycles. The Balaban J connectivity index is 0.00000200. The smallest absolute Gasteiger partial charge is 1.00 e. The van der Waals surface area contributed by atoms with Crippen molar-refractivity contribution >= 4 is 44.8 Å². The number of rotatable bonds is 6. The van der Waals surface area contributed by atoms with Gasteiger partial charge in [0.05, 0.1) is 0 Å². The third kappa shape index (κ3) is 6.32. The van der Waals surface area contributed by atoms with E-state index in [9.17, 15) is 0 Å². The Morgan fingerprint density at radius 1 is 0.396 bits per heavy atom. The van der Waals surface area contributed by atoms with Crippen molar-refractivity contribution in [1.29, 1.82) is 0 Å². The van der Waals surface area contributed by atoms with Gasteiger partial charge in [0.2, 0.25) is 0 Å². The summed E-state index contributed by atoms with van der Waals surface area (Å²) < 4.78 is 0.651. The second-order valence-electron chi connectivity index (χ2n) is 13.4. The van der Waals surface area contributed by atoms with E-state index in [2.05, 4.69) is 158 Å².